The average Bonchev–Trinajstić information content (AvgIpc) is 2.91. The van der Waals surface area contributed by atoms with Crippen molar-refractivity contribution in [1.82, 2.24) is 0 Å². The molecule has 0 aliphatic carbocycles. The second kappa shape index (κ2) is 11.4. The minimum Gasteiger partial charge on any atom is -0.457 e. The summed E-state index contributed by atoms with van der Waals surface area (Å²) in [5.41, 5.74) is 6.09. The summed E-state index contributed by atoms with van der Waals surface area (Å²) in [6.07, 6.45) is 6.57. The number of para-hydroxylation sites is 1. The Morgan fingerprint density at radius 1 is 0.730 bits per heavy atom. The zero-order chi connectivity index (χ0) is 25.8. The SMILES string of the molecule is CC(=O)c1ccc(Oc2ccc(C)c(N3CCC(CC4CCN(c5ccccc5C)CC4)CC3)c2)cc1. The second-order valence-corrected chi connectivity index (χ2v) is 11.0. The largest absolute Gasteiger partial charge is 0.457 e. The molecule has 5 rings (SSSR count). The number of Topliss-reactive ketones (excluding diaryl/α,β-unsaturated/α-hetero) is 1. The van der Waals surface area contributed by atoms with Crippen LogP contribution in [0.3, 0.4) is 0 Å². The molecule has 2 fully saturated rings. The fraction of sp³-hybridized carbons (Fsp3) is 0.424. The van der Waals surface area contributed by atoms with Gasteiger partial charge in [0.2, 0.25) is 0 Å². The van der Waals surface area contributed by atoms with Gasteiger partial charge in [0.25, 0.3) is 0 Å². The predicted molar refractivity (Wildman–Crippen MR) is 153 cm³/mol. The van der Waals surface area contributed by atoms with E-state index < -0.39 is 0 Å². The van der Waals surface area contributed by atoms with Crippen LogP contribution < -0.4 is 14.5 Å². The van der Waals surface area contributed by atoms with Crippen molar-refractivity contribution in [3.8, 4) is 11.5 Å². The Bertz CT molecular complexity index is 1200. The number of carbonyl (C=O) groups excluding carboxylic acids is 1. The van der Waals surface area contributed by atoms with Gasteiger partial charge in [0.1, 0.15) is 11.5 Å². The van der Waals surface area contributed by atoms with E-state index in [4.69, 9.17) is 4.74 Å². The fourth-order valence-electron chi connectivity index (χ4n) is 6.10. The fourth-order valence-corrected chi connectivity index (χ4v) is 6.10. The van der Waals surface area contributed by atoms with Crippen molar-refractivity contribution in [2.75, 3.05) is 36.0 Å². The molecule has 0 unspecified atom stereocenters. The number of hydrogen-bond acceptors (Lipinski definition) is 4. The number of benzene rings is 3. The molecule has 3 aromatic carbocycles. The van der Waals surface area contributed by atoms with E-state index in [-0.39, 0.29) is 5.78 Å². The van der Waals surface area contributed by atoms with Crippen LogP contribution in [0.2, 0.25) is 0 Å². The number of hydrogen-bond donors (Lipinski definition) is 0. The molecule has 2 saturated heterocycles. The lowest BCUT2D eigenvalue weighted by molar-refractivity contribution is 0.101. The molecular formula is C33H40N2O2. The average molecular weight is 497 g/mol. The van der Waals surface area contributed by atoms with E-state index in [2.05, 4.69) is 60.0 Å². The van der Waals surface area contributed by atoms with Crippen molar-refractivity contribution in [2.45, 2.75) is 52.9 Å². The summed E-state index contributed by atoms with van der Waals surface area (Å²) in [5, 5.41) is 0. The van der Waals surface area contributed by atoms with Gasteiger partial charge in [-0.3, -0.25) is 4.79 Å². The molecule has 2 aliphatic rings. The lowest BCUT2D eigenvalue weighted by Crippen LogP contribution is -2.37. The standard InChI is InChI=1S/C33H40N2O2/c1-24-6-4-5-7-32(24)34-18-14-27(15-19-34)22-28-16-20-35(21-17-28)33-23-31(11-8-25(33)2)37-30-12-9-29(10-13-30)26(3)36/h4-13,23,27-28H,14-22H2,1-3H3. The number of ketones is 1. The molecule has 0 N–H and O–H groups in total. The highest BCUT2D eigenvalue weighted by atomic mass is 16.5. The molecule has 0 radical (unpaired) electrons. The Kier molecular flexibility index (Phi) is 7.83. The van der Waals surface area contributed by atoms with Crippen molar-refractivity contribution < 1.29 is 9.53 Å². The van der Waals surface area contributed by atoms with Gasteiger partial charge >= 0.3 is 0 Å². The van der Waals surface area contributed by atoms with E-state index >= 15 is 0 Å². The third kappa shape index (κ3) is 6.18. The van der Waals surface area contributed by atoms with Gasteiger partial charge in [-0.25, -0.2) is 0 Å². The Hall–Kier alpha value is -3.27. The van der Waals surface area contributed by atoms with Gasteiger partial charge in [-0.05, 0) is 112 Å². The molecule has 0 amide bonds. The van der Waals surface area contributed by atoms with Gasteiger partial charge in [0.15, 0.2) is 5.78 Å². The van der Waals surface area contributed by atoms with Crippen LogP contribution in [0.15, 0.2) is 66.7 Å². The predicted octanol–water partition coefficient (Wildman–Crippen LogP) is 7.82. The molecule has 0 saturated carbocycles. The number of ether oxygens (including phenoxy) is 1. The molecule has 0 aromatic heterocycles. The Balaban J connectivity index is 1.13. The molecule has 194 valence electrons. The first kappa shape index (κ1) is 25.4. The van der Waals surface area contributed by atoms with Crippen molar-refractivity contribution in [3.05, 3.63) is 83.4 Å². The van der Waals surface area contributed by atoms with Crippen LogP contribution in [0.25, 0.3) is 0 Å². The maximum Gasteiger partial charge on any atom is 0.159 e. The summed E-state index contributed by atoms with van der Waals surface area (Å²) in [7, 11) is 0. The number of nitrogens with zero attached hydrogens (tertiary/aromatic N) is 2. The summed E-state index contributed by atoms with van der Waals surface area (Å²) in [4.78, 5) is 16.7. The van der Waals surface area contributed by atoms with Gasteiger partial charge in [-0.2, -0.15) is 0 Å². The van der Waals surface area contributed by atoms with Crippen LogP contribution in [-0.2, 0) is 0 Å². The highest BCUT2D eigenvalue weighted by Gasteiger charge is 2.26. The van der Waals surface area contributed by atoms with Crippen LogP contribution in [0.5, 0.6) is 11.5 Å². The summed E-state index contributed by atoms with van der Waals surface area (Å²) in [5.74, 6) is 3.38. The minimum absolute atomic E-state index is 0.0697. The van der Waals surface area contributed by atoms with Gasteiger partial charge in [0, 0.05) is 49.2 Å². The smallest absolute Gasteiger partial charge is 0.159 e. The maximum atomic E-state index is 11.5. The van der Waals surface area contributed by atoms with Crippen LogP contribution in [0.1, 0.15) is 60.5 Å². The van der Waals surface area contributed by atoms with Crippen LogP contribution >= 0.6 is 0 Å². The van der Waals surface area contributed by atoms with Crippen LogP contribution in [0.4, 0.5) is 11.4 Å². The maximum absolute atomic E-state index is 11.5. The lowest BCUT2D eigenvalue weighted by atomic mass is 9.82. The third-order valence-electron chi connectivity index (χ3n) is 8.37. The van der Waals surface area contributed by atoms with Gasteiger partial charge in [-0.15, -0.1) is 0 Å². The summed E-state index contributed by atoms with van der Waals surface area (Å²) < 4.78 is 6.13. The highest BCUT2D eigenvalue weighted by molar-refractivity contribution is 5.94. The van der Waals surface area contributed by atoms with E-state index in [1.807, 2.05) is 30.3 Å². The van der Waals surface area contributed by atoms with Crippen LogP contribution in [-0.4, -0.2) is 32.0 Å². The van der Waals surface area contributed by atoms with E-state index in [0.29, 0.717) is 5.56 Å². The Morgan fingerprint density at radius 2 is 1.27 bits per heavy atom. The first-order valence-electron chi connectivity index (χ1n) is 13.9. The van der Waals surface area contributed by atoms with Crippen molar-refractivity contribution in [2.24, 2.45) is 11.8 Å². The zero-order valence-electron chi connectivity index (χ0n) is 22.6. The summed E-state index contributed by atoms with van der Waals surface area (Å²) in [6, 6.07) is 22.6. The molecule has 2 aliphatic heterocycles. The van der Waals surface area contributed by atoms with E-state index in [1.54, 1.807) is 6.92 Å². The first-order valence-corrected chi connectivity index (χ1v) is 13.9. The monoisotopic (exact) mass is 496 g/mol. The zero-order valence-corrected chi connectivity index (χ0v) is 22.6. The third-order valence-corrected chi connectivity index (χ3v) is 8.37. The summed E-state index contributed by atoms with van der Waals surface area (Å²) in [6.45, 7) is 10.6. The number of piperidine rings is 2. The molecular weight excluding hydrogens is 456 g/mol. The summed E-state index contributed by atoms with van der Waals surface area (Å²) >= 11 is 0. The molecule has 0 bridgehead atoms. The van der Waals surface area contributed by atoms with Gasteiger partial charge < -0.3 is 14.5 Å². The molecule has 4 nitrogen and oxygen atoms in total. The molecule has 3 aromatic rings. The Morgan fingerprint density at radius 3 is 1.86 bits per heavy atom. The number of rotatable bonds is 7. The molecule has 37 heavy (non-hydrogen) atoms. The first-order chi connectivity index (χ1) is 18.0. The highest BCUT2D eigenvalue weighted by Crippen LogP contribution is 2.35. The van der Waals surface area contributed by atoms with E-state index in [0.717, 1.165) is 36.4 Å². The quantitative estimate of drug-likeness (QED) is 0.312. The van der Waals surface area contributed by atoms with Crippen molar-refractivity contribution in [3.63, 3.8) is 0 Å². The number of aryl methyl sites for hydroxylation is 2. The van der Waals surface area contributed by atoms with Gasteiger partial charge in [0.05, 0.1) is 0 Å². The molecule has 2 heterocycles. The number of carbonyl (C=O) groups is 1. The Labute approximate surface area is 222 Å². The van der Waals surface area contributed by atoms with Crippen molar-refractivity contribution >= 4 is 17.2 Å². The normalized spacial score (nSPS) is 17.2. The van der Waals surface area contributed by atoms with Gasteiger partial charge in [-0.1, -0.05) is 24.3 Å². The lowest BCUT2D eigenvalue weighted by Gasteiger charge is -2.39. The molecule has 0 atom stereocenters. The minimum atomic E-state index is 0.0697. The molecule has 0 spiro atoms. The second-order valence-electron chi connectivity index (χ2n) is 11.0. The number of anilines is 2. The van der Waals surface area contributed by atoms with Crippen LogP contribution in [0, 0.1) is 25.7 Å². The van der Waals surface area contributed by atoms with E-state index in [9.17, 15) is 4.79 Å². The van der Waals surface area contributed by atoms with Crippen molar-refractivity contribution in [1.29, 1.82) is 0 Å². The molecule has 4 heteroatoms. The topological polar surface area (TPSA) is 32.8 Å². The van der Waals surface area contributed by atoms with E-state index in [1.165, 1.54) is 67.7 Å².